The van der Waals surface area contributed by atoms with Crippen LogP contribution in [0.4, 0.5) is 5.69 Å². The average Bonchev–Trinajstić information content (AvgIpc) is 3.14. The predicted molar refractivity (Wildman–Crippen MR) is 120 cm³/mol. The Balaban J connectivity index is 1.28. The summed E-state index contributed by atoms with van der Waals surface area (Å²) in [6.07, 6.45) is 4.75. The van der Waals surface area contributed by atoms with Gasteiger partial charge in [-0.3, -0.25) is 19.8 Å². The number of aliphatic hydroxyl groups is 1. The van der Waals surface area contributed by atoms with Crippen molar-refractivity contribution in [2.75, 3.05) is 13.1 Å². The third-order valence-corrected chi connectivity index (χ3v) is 7.64. The fourth-order valence-electron chi connectivity index (χ4n) is 5.79. The normalized spacial score (nSPS) is 27.0. The molecule has 2 saturated carbocycles. The lowest BCUT2D eigenvalue weighted by Crippen LogP contribution is -2.54. The highest BCUT2D eigenvalue weighted by molar-refractivity contribution is 5.88. The number of likely N-dealkylation sites (tertiary alicyclic amines) is 1. The summed E-state index contributed by atoms with van der Waals surface area (Å²) in [6.45, 7) is 2.30. The standard InChI is InChI=1S/C25H29N3O4/c29-23(25(30,20-8-4-5-9-20)19-6-2-1-3-7-19)26-24-14-21(24)16-27(17-24)15-18-10-12-22(13-11-18)28(31)32/h1-3,6-7,10-13,20-21,30H,4-5,8-9,14-17H2,(H,26,29)/t21-,24?,25?/m1/s1. The molecule has 2 aromatic rings. The molecule has 7 nitrogen and oxygen atoms in total. The van der Waals surface area contributed by atoms with E-state index in [0.717, 1.165) is 50.8 Å². The Morgan fingerprint density at radius 2 is 1.84 bits per heavy atom. The molecule has 3 atom stereocenters. The lowest BCUT2D eigenvalue weighted by molar-refractivity contribution is -0.384. The van der Waals surface area contributed by atoms with E-state index in [1.54, 1.807) is 12.1 Å². The van der Waals surface area contributed by atoms with Gasteiger partial charge < -0.3 is 10.4 Å². The summed E-state index contributed by atoms with van der Waals surface area (Å²) in [5.74, 6) is 0.0551. The first-order valence-corrected chi connectivity index (χ1v) is 11.5. The molecule has 0 bridgehead atoms. The Morgan fingerprint density at radius 3 is 2.50 bits per heavy atom. The van der Waals surface area contributed by atoms with Crippen LogP contribution in [0.15, 0.2) is 54.6 Å². The molecule has 2 N–H and O–H groups in total. The summed E-state index contributed by atoms with van der Waals surface area (Å²) in [5.41, 5.74) is 0.0164. The zero-order chi connectivity index (χ0) is 22.3. The van der Waals surface area contributed by atoms with E-state index in [-0.39, 0.29) is 23.1 Å². The van der Waals surface area contributed by atoms with Gasteiger partial charge in [-0.2, -0.15) is 0 Å². The van der Waals surface area contributed by atoms with Gasteiger partial charge in [-0.25, -0.2) is 0 Å². The Morgan fingerprint density at radius 1 is 1.16 bits per heavy atom. The van der Waals surface area contributed by atoms with Crippen LogP contribution < -0.4 is 5.32 Å². The number of rotatable bonds is 7. The maximum Gasteiger partial charge on any atom is 0.269 e. The van der Waals surface area contributed by atoms with E-state index in [0.29, 0.717) is 18.0 Å². The van der Waals surface area contributed by atoms with E-state index in [1.165, 1.54) is 12.1 Å². The van der Waals surface area contributed by atoms with Crippen molar-refractivity contribution in [3.63, 3.8) is 0 Å². The monoisotopic (exact) mass is 435 g/mol. The largest absolute Gasteiger partial charge is 0.375 e. The molecule has 3 aliphatic rings. The number of nitrogens with zero attached hydrogens (tertiary/aromatic N) is 2. The smallest absolute Gasteiger partial charge is 0.269 e. The SMILES string of the molecule is O=C(NC12C[C@@H]1CN(Cc1ccc([N+](=O)[O-])cc1)C2)C(O)(c1ccccc1)C1CCCC1. The lowest BCUT2D eigenvalue weighted by Gasteiger charge is -2.35. The van der Waals surface area contributed by atoms with Gasteiger partial charge in [-0.05, 0) is 36.3 Å². The Hall–Kier alpha value is -2.77. The molecule has 1 aliphatic heterocycles. The summed E-state index contributed by atoms with van der Waals surface area (Å²) in [6, 6.07) is 16.0. The first kappa shape index (κ1) is 21.1. The first-order valence-electron chi connectivity index (χ1n) is 11.5. The molecule has 1 saturated heterocycles. The van der Waals surface area contributed by atoms with Crippen molar-refractivity contribution in [1.82, 2.24) is 10.2 Å². The van der Waals surface area contributed by atoms with E-state index >= 15 is 0 Å². The maximum atomic E-state index is 13.6. The van der Waals surface area contributed by atoms with Gasteiger partial charge in [0.15, 0.2) is 5.60 Å². The third kappa shape index (κ3) is 3.69. The number of carbonyl (C=O) groups excluding carboxylic acids is 1. The highest BCUT2D eigenvalue weighted by atomic mass is 16.6. The topological polar surface area (TPSA) is 95.7 Å². The van der Waals surface area contributed by atoms with Crippen molar-refractivity contribution in [2.24, 2.45) is 11.8 Å². The Bertz CT molecular complexity index is 1010. The molecule has 32 heavy (non-hydrogen) atoms. The second kappa shape index (κ2) is 7.98. The quantitative estimate of drug-likeness (QED) is 0.514. The zero-order valence-corrected chi connectivity index (χ0v) is 18.1. The second-order valence-corrected chi connectivity index (χ2v) is 9.72. The number of benzene rings is 2. The minimum Gasteiger partial charge on any atom is -0.375 e. The van der Waals surface area contributed by atoms with Gasteiger partial charge in [0.2, 0.25) is 0 Å². The van der Waals surface area contributed by atoms with Gasteiger partial charge in [-0.1, -0.05) is 55.3 Å². The molecular weight excluding hydrogens is 406 g/mol. The van der Waals surface area contributed by atoms with E-state index in [1.807, 2.05) is 30.3 Å². The molecule has 2 aliphatic carbocycles. The van der Waals surface area contributed by atoms with Crippen LogP contribution in [0.1, 0.15) is 43.2 Å². The number of carbonyl (C=O) groups is 1. The van der Waals surface area contributed by atoms with Crippen LogP contribution in [0.25, 0.3) is 0 Å². The fraction of sp³-hybridized carbons (Fsp3) is 0.480. The Kier molecular flexibility index (Phi) is 5.26. The van der Waals surface area contributed by atoms with Crippen molar-refractivity contribution < 1.29 is 14.8 Å². The molecule has 2 aromatic carbocycles. The number of hydrogen-bond donors (Lipinski definition) is 2. The number of non-ortho nitro benzene ring substituents is 1. The van der Waals surface area contributed by atoms with E-state index in [2.05, 4.69) is 10.2 Å². The number of hydrogen-bond acceptors (Lipinski definition) is 5. The third-order valence-electron chi connectivity index (χ3n) is 7.64. The molecule has 168 valence electrons. The predicted octanol–water partition coefficient (Wildman–Crippen LogP) is 3.36. The average molecular weight is 436 g/mol. The highest BCUT2D eigenvalue weighted by Crippen LogP contribution is 2.51. The van der Waals surface area contributed by atoms with Gasteiger partial charge in [-0.15, -0.1) is 0 Å². The second-order valence-electron chi connectivity index (χ2n) is 9.72. The minimum absolute atomic E-state index is 0.0592. The van der Waals surface area contributed by atoms with E-state index in [9.17, 15) is 20.0 Å². The van der Waals surface area contributed by atoms with Gasteiger partial charge in [0.05, 0.1) is 10.5 Å². The summed E-state index contributed by atoms with van der Waals surface area (Å²) >= 11 is 0. The van der Waals surface area contributed by atoms with Crippen LogP contribution in [0, 0.1) is 22.0 Å². The van der Waals surface area contributed by atoms with Crippen molar-refractivity contribution in [1.29, 1.82) is 0 Å². The summed E-state index contributed by atoms with van der Waals surface area (Å²) < 4.78 is 0. The molecule has 0 aromatic heterocycles. The van der Waals surface area contributed by atoms with Gasteiger partial charge in [0, 0.05) is 37.7 Å². The zero-order valence-electron chi connectivity index (χ0n) is 18.1. The Labute approximate surface area is 187 Å². The first-order chi connectivity index (χ1) is 15.4. The van der Waals surface area contributed by atoms with Crippen LogP contribution in [-0.4, -0.2) is 39.5 Å². The summed E-state index contributed by atoms with van der Waals surface area (Å²) in [7, 11) is 0. The molecule has 1 heterocycles. The molecule has 0 spiro atoms. The van der Waals surface area contributed by atoms with Gasteiger partial charge in [0.25, 0.3) is 11.6 Å². The summed E-state index contributed by atoms with van der Waals surface area (Å²) in [5, 5.41) is 25.9. The minimum atomic E-state index is -1.49. The molecule has 3 fully saturated rings. The number of fused-ring (bicyclic) bond motifs is 1. The molecule has 5 rings (SSSR count). The molecule has 2 unspecified atom stereocenters. The van der Waals surface area contributed by atoms with Crippen LogP contribution in [0.2, 0.25) is 0 Å². The summed E-state index contributed by atoms with van der Waals surface area (Å²) in [4.78, 5) is 26.3. The molecule has 1 amide bonds. The van der Waals surface area contributed by atoms with Crippen molar-refractivity contribution in [3.8, 4) is 0 Å². The number of nitro groups is 1. The number of piperidine rings is 1. The van der Waals surface area contributed by atoms with Crippen LogP contribution in [0.3, 0.4) is 0 Å². The highest BCUT2D eigenvalue weighted by Gasteiger charge is 2.62. The molecule has 0 radical (unpaired) electrons. The van der Waals surface area contributed by atoms with Crippen molar-refractivity contribution in [2.45, 2.75) is 49.8 Å². The maximum absolute atomic E-state index is 13.6. The number of amides is 1. The van der Waals surface area contributed by atoms with Gasteiger partial charge >= 0.3 is 0 Å². The van der Waals surface area contributed by atoms with Crippen molar-refractivity contribution in [3.05, 3.63) is 75.8 Å². The van der Waals surface area contributed by atoms with Crippen LogP contribution in [-0.2, 0) is 16.9 Å². The van der Waals surface area contributed by atoms with Crippen LogP contribution >= 0.6 is 0 Å². The number of nitrogens with one attached hydrogen (secondary N) is 1. The molecular formula is C25H29N3O4. The lowest BCUT2D eigenvalue weighted by atomic mass is 9.79. The van der Waals surface area contributed by atoms with Crippen molar-refractivity contribution >= 4 is 11.6 Å². The van der Waals surface area contributed by atoms with E-state index in [4.69, 9.17) is 0 Å². The van der Waals surface area contributed by atoms with E-state index < -0.39 is 10.5 Å². The fourth-order valence-corrected chi connectivity index (χ4v) is 5.79. The molecule has 7 heteroatoms. The number of nitro benzene ring substituents is 1. The van der Waals surface area contributed by atoms with Gasteiger partial charge in [0.1, 0.15) is 0 Å². The van der Waals surface area contributed by atoms with Crippen LogP contribution in [0.5, 0.6) is 0 Å².